The van der Waals surface area contributed by atoms with Gasteiger partial charge in [0.1, 0.15) is 0 Å². The number of benzene rings is 1. The van der Waals surface area contributed by atoms with Crippen molar-refractivity contribution in [3.05, 3.63) is 23.8 Å². The van der Waals surface area contributed by atoms with E-state index in [9.17, 15) is 4.79 Å². The van der Waals surface area contributed by atoms with Crippen molar-refractivity contribution < 1.29 is 14.6 Å². The number of carboxylic acids is 1. The summed E-state index contributed by atoms with van der Waals surface area (Å²) in [6, 6.07) is 5.32. The zero-order valence-corrected chi connectivity index (χ0v) is 12.7. The van der Waals surface area contributed by atoms with E-state index in [0.717, 1.165) is 32.3 Å². The molecule has 5 heteroatoms. The Morgan fingerprint density at radius 2 is 2.19 bits per heavy atom. The number of hydrogen-bond donors (Lipinski definition) is 3. The second kappa shape index (κ2) is 6.35. The lowest BCUT2D eigenvalue weighted by Crippen LogP contribution is -2.43. The van der Waals surface area contributed by atoms with Crippen molar-refractivity contribution in [3.8, 4) is 0 Å². The molecule has 1 aromatic carbocycles. The van der Waals surface area contributed by atoms with Crippen LogP contribution < -0.4 is 11.1 Å². The summed E-state index contributed by atoms with van der Waals surface area (Å²) in [5, 5.41) is 12.5. The molecule has 21 heavy (non-hydrogen) atoms. The molecule has 1 fully saturated rings. The maximum atomic E-state index is 11.1. The van der Waals surface area contributed by atoms with Crippen molar-refractivity contribution in [2.24, 2.45) is 0 Å². The highest BCUT2D eigenvalue weighted by atomic mass is 16.5. The van der Waals surface area contributed by atoms with Crippen LogP contribution in [0.25, 0.3) is 0 Å². The molecule has 0 bridgehead atoms. The summed E-state index contributed by atoms with van der Waals surface area (Å²) in [5.74, 6) is -1.00. The number of nitrogens with two attached hydrogens (primary N) is 1. The fourth-order valence-electron chi connectivity index (χ4n) is 2.99. The van der Waals surface area contributed by atoms with Crippen LogP contribution in [-0.4, -0.2) is 29.3 Å². The van der Waals surface area contributed by atoms with Gasteiger partial charge in [0.15, 0.2) is 0 Å². The van der Waals surface area contributed by atoms with E-state index in [1.165, 1.54) is 6.07 Å². The second-order valence-corrected chi connectivity index (χ2v) is 5.64. The highest BCUT2D eigenvalue weighted by Gasteiger charge is 2.34. The van der Waals surface area contributed by atoms with Gasteiger partial charge < -0.3 is 20.9 Å². The summed E-state index contributed by atoms with van der Waals surface area (Å²) in [4.78, 5) is 11.1. The normalized spacial score (nSPS) is 21.0. The highest BCUT2D eigenvalue weighted by molar-refractivity contribution is 5.97. The predicted molar refractivity (Wildman–Crippen MR) is 83.7 cm³/mol. The molecule has 0 spiro atoms. The zero-order chi connectivity index (χ0) is 15.5. The van der Waals surface area contributed by atoms with Crippen molar-refractivity contribution in [2.45, 2.75) is 51.2 Å². The first-order valence-electron chi connectivity index (χ1n) is 7.53. The van der Waals surface area contributed by atoms with Gasteiger partial charge in [-0.25, -0.2) is 4.79 Å². The molecule has 1 heterocycles. The van der Waals surface area contributed by atoms with Crippen LogP contribution in [0, 0.1) is 0 Å². The third kappa shape index (κ3) is 3.29. The number of ether oxygens (including phenoxy) is 1. The number of para-hydroxylation sites is 1. The summed E-state index contributed by atoms with van der Waals surface area (Å²) in [6.07, 6.45) is 3.77. The quantitative estimate of drug-likeness (QED) is 0.726. The molecule has 0 radical (unpaired) electrons. The minimum atomic E-state index is -1.00. The molecule has 116 valence electrons. The van der Waals surface area contributed by atoms with E-state index in [2.05, 4.69) is 19.2 Å². The lowest BCUT2D eigenvalue weighted by atomic mass is 9.86. The lowest BCUT2D eigenvalue weighted by Gasteiger charge is -2.40. The van der Waals surface area contributed by atoms with Crippen molar-refractivity contribution in [1.82, 2.24) is 0 Å². The Balaban J connectivity index is 2.15. The molecule has 0 amide bonds. The summed E-state index contributed by atoms with van der Waals surface area (Å²) in [7, 11) is 0. The average molecular weight is 292 g/mol. The van der Waals surface area contributed by atoms with Crippen LogP contribution in [0.15, 0.2) is 18.2 Å². The first kappa shape index (κ1) is 15.6. The number of carbonyl (C=O) groups is 1. The van der Waals surface area contributed by atoms with E-state index in [4.69, 9.17) is 15.6 Å². The van der Waals surface area contributed by atoms with Gasteiger partial charge >= 0.3 is 5.97 Å². The van der Waals surface area contributed by atoms with E-state index < -0.39 is 5.97 Å². The van der Waals surface area contributed by atoms with Gasteiger partial charge in [0.25, 0.3) is 0 Å². The van der Waals surface area contributed by atoms with Gasteiger partial charge in [0.2, 0.25) is 0 Å². The third-order valence-corrected chi connectivity index (χ3v) is 4.48. The second-order valence-electron chi connectivity index (χ2n) is 5.64. The number of rotatable bonds is 5. The van der Waals surface area contributed by atoms with Crippen molar-refractivity contribution in [1.29, 1.82) is 0 Å². The van der Waals surface area contributed by atoms with Crippen LogP contribution in [0.5, 0.6) is 0 Å². The molecule has 2 rings (SSSR count). The Kier molecular flexibility index (Phi) is 4.73. The van der Waals surface area contributed by atoms with E-state index in [1.54, 1.807) is 6.07 Å². The van der Waals surface area contributed by atoms with E-state index >= 15 is 0 Å². The van der Waals surface area contributed by atoms with Crippen LogP contribution in [0.4, 0.5) is 11.4 Å². The van der Waals surface area contributed by atoms with Crippen LogP contribution >= 0.6 is 0 Å². The van der Waals surface area contributed by atoms with Gasteiger partial charge in [-0.3, -0.25) is 0 Å². The zero-order valence-electron chi connectivity index (χ0n) is 12.7. The third-order valence-electron chi connectivity index (χ3n) is 4.48. The van der Waals surface area contributed by atoms with Crippen LogP contribution in [0.3, 0.4) is 0 Å². The van der Waals surface area contributed by atoms with Gasteiger partial charge in [-0.1, -0.05) is 19.9 Å². The Morgan fingerprint density at radius 1 is 1.48 bits per heavy atom. The summed E-state index contributed by atoms with van der Waals surface area (Å²) in [6.45, 7) is 5.01. The van der Waals surface area contributed by atoms with Crippen LogP contribution in [0.1, 0.15) is 49.9 Å². The van der Waals surface area contributed by atoms with Gasteiger partial charge in [0.05, 0.1) is 22.5 Å². The Bertz CT molecular complexity index is 512. The van der Waals surface area contributed by atoms with E-state index in [0.29, 0.717) is 11.4 Å². The smallest absolute Gasteiger partial charge is 0.337 e. The Labute approximate surface area is 125 Å². The van der Waals surface area contributed by atoms with Crippen molar-refractivity contribution >= 4 is 17.3 Å². The molecule has 1 saturated heterocycles. The molecule has 1 atom stereocenters. The molecule has 1 unspecified atom stereocenters. The van der Waals surface area contributed by atoms with E-state index in [-0.39, 0.29) is 17.2 Å². The Hall–Kier alpha value is -1.75. The summed E-state index contributed by atoms with van der Waals surface area (Å²) >= 11 is 0. The van der Waals surface area contributed by atoms with Gasteiger partial charge in [-0.15, -0.1) is 0 Å². The minimum absolute atomic E-state index is 0.0743. The topological polar surface area (TPSA) is 84.6 Å². The molecule has 1 aromatic rings. The highest BCUT2D eigenvalue weighted by Crippen LogP contribution is 2.34. The molecule has 4 N–H and O–H groups in total. The molecular weight excluding hydrogens is 268 g/mol. The largest absolute Gasteiger partial charge is 0.478 e. The number of nitrogen functional groups attached to an aromatic ring is 1. The van der Waals surface area contributed by atoms with Crippen LogP contribution in [0.2, 0.25) is 0 Å². The molecule has 1 aliphatic heterocycles. The average Bonchev–Trinajstić information content (AvgIpc) is 2.49. The summed E-state index contributed by atoms with van der Waals surface area (Å²) < 4.78 is 5.96. The number of carboxylic acid groups (broad SMARTS) is 1. The first-order valence-corrected chi connectivity index (χ1v) is 7.53. The maximum Gasteiger partial charge on any atom is 0.337 e. The molecule has 5 nitrogen and oxygen atoms in total. The number of hydrogen-bond acceptors (Lipinski definition) is 4. The first-order chi connectivity index (χ1) is 10.0. The Morgan fingerprint density at radius 3 is 2.81 bits per heavy atom. The maximum absolute atomic E-state index is 11.1. The fraction of sp³-hybridized carbons (Fsp3) is 0.562. The molecule has 0 aliphatic carbocycles. The molecule has 0 saturated carbocycles. The number of aromatic carboxylic acids is 1. The van der Waals surface area contributed by atoms with Crippen molar-refractivity contribution in [2.75, 3.05) is 17.7 Å². The number of nitrogens with one attached hydrogen (secondary N) is 1. The van der Waals surface area contributed by atoms with E-state index in [1.807, 2.05) is 6.07 Å². The molecule has 0 aromatic heterocycles. The standard InChI is InChI=1S/C16H24N2O3/c1-3-16(4-2)10-11(8-9-21-16)18-13-7-5-6-12(14(13)17)15(19)20/h5-7,11,18H,3-4,8-10,17H2,1-2H3,(H,19,20). The lowest BCUT2D eigenvalue weighted by molar-refractivity contribution is -0.0864. The van der Waals surface area contributed by atoms with Crippen molar-refractivity contribution in [3.63, 3.8) is 0 Å². The SMILES string of the molecule is CCC1(CC)CC(Nc2cccc(C(=O)O)c2N)CCO1. The molecular formula is C16H24N2O3. The molecule has 1 aliphatic rings. The number of anilines is 2. The monoisotopic (exact) mass is 292 g/mol. The van der Waals surface area contributed by atoms with Gasteiger partial charge in [-0.2, -0.15) is 0 Å². The van der Waals surface area contributed by atoms with Gasteiger partial charge in [0, 0.05) is 12.6 Å². The summed E-state index contributed by atoms with van der Waals surface area (Å²) in [5.41, 5.74) is 7.03. The fourth-order valence-corrected chi connectivity index (χ4v) is 2.99. The minimum Gasteiger partial charge on any atom is -0.478 e. The van der Waals surface area contributed by atoms with Crippen LogP contribution in [-0.2, 0) is 4.74 Å². The predicted octanol–water partition coefficient (Wildman–Crippen LogP) is 3.12. The van der Waals surface area contributed by atoms with Gasteiger partial charge in [-0.05, 0) is 37.8 Å².